The maximum absolute atomic E-state index is 11.6. The highest BCUT2D eigenvalue weighted by Crippen LogP contribution is 2.34. The third kappa shape index (κ3) is 5.96. The Balaban J connectivity index is 1.75. The van der Waals surface area contributed by atoms with Gasteiger partial charge in [-0.15, -0.1) is 0 Å². The number of fused-ring (bicyclic) bond motifs is 1. The van der Waals surface area contributed by atoms with Crippen molar-refractivity contribution in [1.29, 1.82) is 0 Å². The van der Waals surface area contributed by atoms with Gasteiger partial charge in [0.05, 0.1) is 12.6 Å². The lowest BCUT2D eigenvalue weighted by atomic mass is 10.1. The lowest BCUT2D eigenvalue weighted by Gasteiger charge is -2.14. The Morgan fingerprint density at radius 3 is 2.87 bits per heavy atom. The molecule has 0 aliphatic carbocycles. The number of hydrogen-bond donors (Lipinski definition) is 4. The van der Waals surface area contributed by atoms with Crippen molar-refractivity contribution in [3.63, 3.8) is 0 Å². The molecule has 31 heavy (non-hydrogen) atoms. The number of nitrogens with zero attached hydrogens (tertiary/aromatic N) is 2. The Labute approximate surface area is 185 Å². The largest absolute Gasteiger partial charge is 0.504 e. The van der Waals surface area contributed by atoms with E-state index in [2.05, 4.69) is 20.6 Å². The molecule has 0 bridgehead atoms. The zero-order valence-electron chi connectivity index (χ0n) is 17.1. The summed E-state index contributed by atoms with van der Waals surface area (Å²) in [5, 5.41) is 26.2. The van der Waals surface area contributed by atoms with E-state index in [9.17, 15) is 9.90 Å². The normalized spacial score (nSPS) is 10.8. The Morgan fingerprint density at radius 1 is 1.26 bits per heavy atom. The molecule has 163 valence electrons. The van der Waals surface area contributed by atoms with Crippen molar-refractivity contribution in [2.24, 2.45) is 0 Å². The summed E-state index contributed by atoms with van der Waals surface area (Å²) in [6.07, 6.45) is 4.57. The Morgan fingerprint density at radius 2 is 2.10 bits per heavy atom. The van der Waals surface area contributed by atoms with Gasteiger partial charge in [-0.05, 0) is 43.0 Å². The van der Waals surface area contributed by atoms with Crippen LogP contribution < -0.4 is 15.4 Å². The van der Waals surface area contributed by atoms with E-state index in [1.165, 1.54) is 19.9 Å². The highest BCUT2D eigenvalue weighted by molar-refractivity contribution is 6.30. The fourth-order valence-electron chi connectivity index (χ4n) is 3.12. The first-order valence-corrected chi connectivity index (χ1v) is 10.2. The first-order chi connectivity index (χ1) is 15.0. The second-order valence-electron chi connectivity index (χ2n) is 6.82. The summed E-state index contributed by atoms with van der Waals surface area (Å²) in [6.45, 7) is 0.403. The van der Waals surface area contributed by atoms with Crippen LogP contribution in [0.1, 0.15) is 18.4 Å². The summed E-state index contributed by atoms with van der Waals surface area (Å²) in [6, 6.07) is 8.75. The molecule has 3 aromatic rings. The first-order valence-electron chi connectivity index (χ1n) is 9.78. The molecule has 0 saturated carbocycles. The predicted molar refractivity (Wildman–Crippen MR) is 120 cm³/mol. The number of carbonyl (C=O) groups excluding carboxylic acids is 1. The van der Waals surface area contributed by atoms with Crippen LogP contribution >= 0.6 is 11.6 Å². The van der Waals surface area contributed by atoms with Crippen LogP contribution in [0.25, 0.3) is 10.9 Å². The van der Waals surface area contributed by atoms with E-state index in [-0.39, 0.29) is 24.7 Å². The molecule has 1 heterocycles. The van der Waals surface area contributed by atoms with Crippen molar-refractivity contribution in [3.05, 3.63) is 53.7 Å². The number of aliphatic hydroxyl groups excluding tert-OH is 1. The number of aromatic hydroxyl groups is 1. The Bertz CT molecular complexity index is 1060. The number of aryl methyl sites for hydroxylation is 1. The van der Waals surface area contributed by atoms with Gasteiger partial charge in [0.2, 0.25) is 5.91 Å². The van der Waals surface area contributed by atoms with Crippen LogP contribution in [0.5, 0.6) is 11.5 Å². The maximum Gasteiger partial charge on any atom is 0.220 e. The number of aromatic nitrogens is 2. The van der Waals surface area contributed by atoms with Crippen molar-refractivity contribution in [3.8, 4) is 11.5 Å². The number of ether oxygens (including phenoxy) is 1. The van der Waals surface area contributed by atoms with Crippen LogP contribution in [0.4, 0.5) is 11.5 Å². The second kappa shape index (κ2) is 10.8. The number of amides is 1. The maximum atomic E-state index is 11.6. The number of phenols is 1. The summed E-state index contributed by atoms with van der Waals surface area (Å²) in [4.78, 5) is 20.2. The van der Waals surface area contributed by atoms with Gasteiger partial charge >= 0.3 is 0 Å². The van der Waals surface area contributed by atoms with E-state index in [1.807, 2.05) is 18.2 Å². The molecule has 0 aliphatic rings. The summed E-state index contributed by atoms with van der Waals surface area (Å²) in [5.41, 5.74) is 2.41. The molecule has 8 nitrogen and oxygen atoms in total. The minimum Gasteiger partial charge on any atom is -0.504 e. The van der Waals surface area contributed by atoms with E-state index in [0.29, 0.717) is 40.5 Å². The number of nitrogens with one attached hydrogen (secondary N) is 2. The number of carbonyl (C=O) groups is 1. The van der Waals surface area contributed by atoms with Crippen molar-refractivity contribution >= 4 is 39.9 Å². The van der Waals surface area contributed by atoms with E-state index in [0.717, 1.165) is 17.7 Å². The van der Waals surface area contributed by atoms with Crippen molar-refractivity contribution in [2.75, 3.05) is 25.6 Å². The number of aliphatic hydroxyl groups is 1. The van der Waals surface area contributed by atoms with Crippen molar-refractivity contribution in [1.82, 2.24) is 15.3 Å². The van der Waals surface area contributed by atoms with Crippen molar-refractivity contribution < 1.29 is 19.7 Å². The van der Waals surface area contributed by atoms with Gasteiger partial charge in [-0.3, -0.25) is 4.79 Å². The van der Waals surface area contributed by atoms with Gasteiger partial charge in [-0.25, -0.2) is 9.97 Å². The zero-order chi connectivity index (χ0) is 22.2. The van der Waals surface area contributed by atoms with Crippen LogP contribution in [-0.4, -0.2) is 46.3 Å². The Kier molecular flexibility index (Phi) is 7.86. The number of methoxy groups -OCH3 is 1. The minimum atomic E-state index is -0.119. The van der Waals surface area contributed by atoms with Crippen LogP contribution in [0.3, 0.4) is 0 Å². The number of rotatable bonds is 10. The molecule has 1 amide bonds. The molecular weight excluding hydrogens is 420 g/mol. The topological polar surface area (TPSA) is 117 Å². The molecule has 0 spiro atoms. The summed E-state index contributed by atoms with van der Waals surface area (Å²) < 4.78 is 5.15. The molecule has 4 N–H and O–H groups in total. The molecule has 1 radical (unpaired) electrons. The molecule has 9 heteroatoms. The quantitative estimate of drug-likeness (QED) is 0.355. The molecule has 3 rings (SSSR count). The fourth-order valence-corrected chi connectivity index (χ4v) is 3.29. The van der Waals surface area contributed by atoms with Gasteiger partial charge in [0.15, 0.2) is 11.5 Å². The lowest BCUT2D eigenvalue weighted by molar-refractivity contribution is -0.120. The number of anilines is 2. The Hall–Kier alpha value is -3.10. The molecule has 0 fully saturated rings. The molecule has 0 saturated heterocycles. The summed E-state index contributed by atoms with van der Waals surface area (Å²) >= 11 is 6.21. The van der Waals surface area contributed by atoms with Gasteiger partial charge in [0, 0.05) is 41.7 Å². The number of halogens is 1. The van der Waals surface area contributed by atoms with Gasteiger partial charge in [-0.1, -0.05) is 17.7 Å². The van der Waals surface area contributed by atoms with Crippen LogP contribution in [0, 0.1) is 6.42 Å². The van der Waals surface area contributed by atoms with Gasteiger partial charge in [-0.2, -0.15) is 0 Å². The zero-order valence-corrected chi connectivity index (χ0v) is 17.8. The van der Waals surface area contributed by atoms with E-state index < -0.39 is 0 Å². The molecular formula is C22H24ClN4O4. The first kappa shape index (κ1) is 22.6. The SMILES string of the molecule is COc1cc2ncnc(Nc3cc(Cl)ccc3CCCNC(=O)C[CH]CO)c2cc1O. The third-order valence-corrected chi connectivity index (χ3v) is 4.90. The molecule has 2 aromatic carbocycles. The van der Waals surface area contributed by atoms with Gasteiger partial charge in [0.25, 0.3) is 0 Å². The number of hydrogen-bond acceptors (Lipinski definition) is 7. The summed E-state index contributed by atoms with van der Waals surface area (Å²) in [5.74, 6) is 0.734. The van der Waals surface area contributed by atoms with E-state index in [1.54, 1.807) is 12.1 Å². The highest BCUT2D eigenvalue weighted by atomic mass is 35.5. The van der Waals surface area contributed by atoms with E-state index in [4.69, 9.17) is 21.4 Å². The fraction of sp³-hybridized carbons (Fsp3) is 0.273. The van der Waals surface area contributed by atoms with E-state index >= 15 is 0 Å². The van der Waals surface area contributed by atoms with Crippen LogP contribution in [-0.2, 0) is 11.2 Å². The highest BCUT2D eigenvalue weighted by Gasteiger charge is 2.12. The average Bonchev–Trinajstić information content (AvgIpc) is 2.76. The van der Waals surface area contributed by atoms with Gasteiger partial charge < -0.3 is 25.6 Å². The molecule has 0 aliphatic heterocycles. The monoisotopic (exact) mass is 443 g/mol. The minimum absolute atomic E-state index is 0.00616. The van der Waals surface area contributed by atoms with Crippen molar-refractivity contribution in [2.45, 2.75) is 19.3 Å². The lowest BCUT2D eigenvalue weighted by Crippen LogP contribution is -2.24. The summed E-state index contributed by atoms with van der Waals surface area (Å²) in [7, 11) is 1.48. The molecule has 0 atom stereocenters. The van der Waals surface area contributed by atoms with Crippen LogP contribution in [0.15, 0.2) is 36.7 Å². The number of benzene rings is 2. The smallest absolute Gasteiger partial charge is 0.220 e. The van der Waals surface area contributed by atoms with Crippen LogP contribution in [0.2, 0.25) is 5.02 Å². The standard InChI is InChI=1S/C22H24ClN4O4/c1-31-20-12-18-16(11-19(20)29)22(26-13-25-18)27-17-10-15(23)7-6-14(17)4-2-8-24-21(30)5-3-9-28/h3,6-7,10-13,28-29H,2,4-5,8-9H2,1H3,(H,24,30)(H,25,26,27). The van der Waals surface area contributed by atoms with Gasteiger partial charge in [0.1, 0.15) is 12.1 Å². The average molecular weight is 444 g/mol. The molecule has 1 aromatic heterocycles. The third-order valence-electron chi connectivity index (χ3n) is 4.66. The molecule has 0 unspecified atom stereocenters. The second-order valence-corrected chi connectivity index (χ2v) is 7.26. The number of phenolic OH excluding ortho intramolecular Hbond substituents is 1. The predicted octanol–water partition coefficient (Wildman–Crippen LogP) is 3.38.